The van der Waals surface area contributed by atoms with E-state index in [0.717, 1.165) is 30.4 Å². The number of benzene rings is 2. The molecule has 2 aromatic carbocycles. The average molecular weight is 504 g/mol. The first-order chi connectivity index (χ1) is 16.3. The van der Waals surface area contributed by atoms with E-state index in [4.69, 9.17) is 4.74 Å². The summed E-state index contributed by atoms with van der Waals surface area (Å²) in [6.45, 7) is 8.28. The van der Waals surface area contributed by atoms with Gasteiger partial charge in [-0.2, -0.15) is 0 Å². The summed E-state index contributed by atoms with van der Waals surface area (Å²) in [7, 11) is -3.58. The lowest BCUT2D eigenvalue weighted by Gasteiger charge is -2.26. The van der Waals surface area contributed by atoms with Crippen molar-refractivity contribution in [1.29, 1.82) is 0 Å². The number of carbonyl (C=O) groups excluding carboxylic acids is 1. The minimum atomic E-state index is -3.58. The minimum absolute atomic E-state index is 0.00302. The number of hydrogen-bond donors (Lipinski definition) is 1. The van der Waals surface area contributed by atoms with Gasteiger partial charge in [-0.25, -0.2) is 12.8 Å². The number of nitrogens with one attached hydrogen (secondary N) is 1. The molecule has 0 bridgehead atoms. The van der Waals surface area contributed by atoms with Crippen LogP contribution in [0.4, 0.5) is 10.1 Å². The summed E-state index contributed by atoms with van der Waals surface area (Å²) in [5.41, 5.74) is 2.61. The summed E-state index contributed by atoms with van der Waals surface area (Å²) in [5, 5.41) is 0. The number of anilines is 1. The van der Waals surface area contributed by atoms with Crippen molar-refractivity contribution in [2.45, 2.75) is 90.1 Å². The van der Waals surface area contributed by atoms with Crippen molar-refractivity contribution >= 4 is 21.5 Å². The Labute approximate surface area is 209 Å². The molecule has 1 N–H and O–H groups in total. The van der Waals surface area contributed by atoms with Gasteiger partial charge in [0.2, 0.25) is 10.0 Å². The molecule has 35 heavy (non-hydrogen) atoms. The van der Waals surface area contributed by atoms with Crippen molar-refractivity contribution in [3.63, 3.8) is 0 Å². The molecule has 1 unspecified atom stereocenters. The summed E-state index contributed by atoms with van der Waals surface area (Å²) in [6.07, 6.45) is 7.78. The molecule has 0 heterocycles. The van der Waals surface area contributed by atoms with Gasteiger partial charge in [0.1, 0.15) is 17.3 Å². The molecule has 0 amide bonds. The maximum Gasteiger partial charge on any atom is 0.229 e. The van der Waals surface area contributed by atoms with E-state index in [2.05, 4.69) is 43.7 Å². The molecule has 0 aliphatic heterocycles. The highest BCUT2D eigenvalue weighted by Crippen LogP contribution is 2.33. The number of carbonyl (C=O) groups is 1. The molecule has 7 heteroatoms. The first-order valence-electron chi connectivity index (χ1n) is 12.4. The molecule has 0 spiro atoms. The van der Waals surface area contributed by atoms with Crippen molar-refractivity contribution in [1.82, 2.24) is 0 Å². The number of hydrogen-bond acceptors (Lipinski definition) is 4. The quantitative estimate of drug-likeness (QED) is 0.423. The summed E-state index contributed by atoms with van der Waals surface area (Å²) in [5.74, 6) is -0.342. The Morgan fingerprint density at radius 1 is 1.11 bits per heavy atom. The lowest BCUT2D eigenvalue weighted by atomic mass is 9.85. The topological polar surface area (TPSA) is 72.5 Å². The molecule has 2 aromatic rings. The average Bonchev–Trinajstić information content (AvgIpc) is 2.78. The molecule has 0 radical (unpaired) electrons. The van der Waals surface area contributed by atoms with Crippen LogP contribution in [0.2, 0.25) is 0 Å². The second kappa shape index (κ2) is 11.1. The summed E-state index contributed by atoms with van der Waals surface area (Å²) in [4.78, 5) is 13.0. The molecular formula is C28H38FNO4S. The fraction of sp³-hybridized carbons (Fsp3) is 0.536. The Hall–Kier alpha value is -2.41. The lowest BCUT2D eigenvalue weighted by molar-refractivity contribution is -0.120. The van der Waals surface area contributed by atoms with Crippen LogP contribution in [-0.4, -0.2) is 26.6 Å². The molecule has 1 saturated carbocycles. The highest BCUT2D eigenvalue weighted by Gasteiger charge is 2.22. The van der Waals surface area contributed by atoms with Crippen LogP contribution in [0.3, 0.4) is 0 Å². The Morgan fingerprint density at radius 2 is 1.80 bits per heavy atom. The van der Waals surface area contributed by atoms with Gasteiger partial charge in [-0.05, 0) is 72.4 Å². The van der Waals surface area contributed by atoms with Crippen molar-refractivity contribution in [2.24, 2.45) is 0 Å². The van der Waals surface area contributed by atoms with E-state index >= 15 is 0 Å². The van der Waals surface area contributed by atoms with E-state index in [0.29, 0.717) is 18.4 Å². The van der Waals surface area contributed by atoms with Gasteiger partial charge in [-0.3, -0.25) is 9.52 Å². The van der Waals surface area contributed by atoms with Gasteiger partial charge in [0, 0.05) is 12.3 Å². The molecule has 0 aromatic heterocycles. The maximum absolute atomic E-state index is 14.4. The SMILES string of the molecule is CC(C(=O)CCc1ccc(C(C)(C)C)cc1OC1CCCCC1)c1ccc(NS(C)(=O)=O)c(F)c1. The number of aryl methyl sites for hydroxylation is 1. The summed E-state index contributed by atoms with van der Waals surface area (Å²) >= 11 is 0. The minimum Gasteiger partial charge on any atom is -0.490 e. The lowest BCUT2D eigenvalue weighted by Crippen LogP contribution is -2.21. The van der Waals surface area contributed by atoms with Crippen LogP contribution in [0.1, 0.15) is 88.8 Å². The van der Waals surface area contributed by atoms with Crippen LogP contribution in [0, 0.1) is 5.82 Å². The Bertz CT molecular complexity index is 1150. The predicted octanol–water partition coefficient (Wildman–Crippen LogP) is 6.51. The molecule has 1 fully saturated rings. The maximum atomic E-state index is 14.4. The third kappa shape index (κ3) is 7.79. The Balaban J connectivity index is 1.72. The van der Waals surface area contributed by atoms with E-state index in [1.807, 2.05) is 0 Å². The van der Waals surface area contributed by atoms with E-state index in [-0.39, 0.29) is 23.0 Å². The van der Waals surface area contributed by atoms with Gasteiger partial charge in [0.05, 0.1) is 18.0 Å². The number of sulfonamides is 1. The van der Waals surface area contributed by atoms with Gasteiger partial charge in [0.25, 0.3) is 0 Å². The largest absolute Gasteiger partial charge is 0.490 e. The van der Waals surface area contributed by atoms with Gasteiger partial charge in [0.15, 0.2) is 0 Å². The number of Topliss-reactive ketones (excluding diaryl/α,β-unsaturated/α-hetero) is 1. The Morgan fingerprint density at radius 3 is 2.40 bits per heavy atom. The van der Waals surface area contributed by atoms with Crippen LogP contribution in [-0.2, 0) is 26.7 Å². The van der Waals surface area contributed by atoms with Gasteiger partial charge in [-0.15, -0.1) is 0 Å². The normalized spacial score (nSPS) is 16.1. The van der Waals surface area contributed by atoms with Gasteiger partial charge >= 0.3 is 0 Å². The highest BCUT2D eigenvalue weighted by atomic mass is 32.2. The van der Waals surface area contributed by atoms with Crippen LogP contribution in [0.15, 0.2) is 36.4 Å². The first-order valence-corrected chi connectivity index (χ1v) is 14.3. The fourth-order valence-corrected chi connectivity index (χ4v) is 5.01. The molecule has 1 aliphatic rings. The van der Waals surface area contributed by atoms with Crippen LogP contribution >= 0.6 is 0 Å². The second-order valence-corrected chi connectivity index (χ2v) is 12.5. The zero-order chi connectivity index (χ0) is 25.8. The third-order valence-electron chi connectivity index (χ3n) is 6.69. The monoisotopic (exact) mass is 503 g/mol. The zero-order valence-corrected chi connectivity index (χ0v) is 22.3. The van der Waals surface area contributed by atoms with Crippen molar-refractivity contribution in [2.75, 3.05) is 11.0 Å². The van der Waals surface area contributed by atoms with Crippen LogP contribution in [0.5, 0.6) is 5.75 Å². The molecule has 192 valence electrons. The van der Waals surface area contributed by atoms with Gasteiger partial charge < -0.3 is 4.74 Å². The van der Waals surface area contributed by atoms with E-state index in [1.165, 1.54) is 37.0 Å². The molecule has 3 rings (SSSR count). The van der Waals surface area contributed by atoms with Crippen molar-refractivity contribution < 1.29 is 22.3 Å². The molecule has 1 aliphatic carbocycles. The third-order valence-corrected chi connectivity index (χ3v) is 7.28. The number of ether oxygens (including phenoxy) is 1. The molecular weight excluding hydrogens is 465 g/mol. The molecule has 1 atom stereocenters. The van der Waals surface area contributed by atoms with Crippen molar-refractivity contribution in [3.8, 4) is 5.75 Å². The van der Waals surface area contributed by atoms with E-state index in [9.17, 15) is 17.6 Å². The van der Waals surface area contributed by atoms with Crippen molar-refractivity contribution in [3.05, 3.63) is 58.9 Å². The smallest absolute Gasteiger partial charge is 0.229 e. The number of ketones is 1. The van der Waals surface area contributed by atoms with E-state index < -0.39 is 21.8 Å². The zero-order valence-electron chi connectivity index (χ0n) is 21.5. The predicted molar refractivity (Wildman–Crippen MR) is 139 cm³/mol. The van der Waals surface area contributed by atoms with E-state index in [1.54, 1.807) is 13.0 Å². The van der Waals surface area contributed by atoms with Crippen LogP contribution < -0.4 is 9.46 Å². The Kier molecular flexibility index (Phi) is 8.63. The first kappa shape index (κ1) is 27.2. The van der Waals surface area contributed by atoms with Crippen LogP contribution in [0.25, 0.3) is 0 Å². The number of halogens is 1. The number of rotatable bonds is 9. The second-order valence-electron chi connectivity index (χ2n) is 10.8. The molecule has 5 nitrogen and oxygen atoms in total. The summed E-state index contributed by atoms with van der Waals surface area (Å²) < 4.78 is 45.8. The highest BCUT2D eigenvalue weighted by molar-refractivity contribution is 7.92. The molecule has 0 saturated heterocycles. The van der Waals surface area contributed by atoms with Gasteiger partial charge in [-0.1, -0.05) is 52.3 Å². The summed E-state index contributed by atoms with van der Waals surface area (Å²) in [6, 6.07) is 10.5. The standard InChI is InChI=1S/C28H38FNO4S/c1-19(21-12-15-25(24(29)17-21)30-35(5,32)33)26(31)16-13-20-11-14-22(28(2,3)4)18-27(20)34-23-9-7-6-8-10-23/h11-12,14-15,17-19,23,30H,6-10,13,16H2,1-5H3. The fourth-order valence-electron chi connectivity index (χ4n) is 4.44.